The third-order valence-electron chi connectivity index (χ3n) is 8.56. The van der Waals surface area contributed by atoms with Gasteiger partial charge in [0.05, 0.1) is 38.6 Å². The molecule has 12 unspecified atom stereocenters. The van der Waals surface area contributed by atoms with Crippen LogP contribution in [0.15, 0.2) is 12.7 Å². The van der Waals surface area contributed by atoms with Crippen LogP contribution in [-0.2, 0) is 37.9 Å². The van der Waals surface area contributed by atoms with E-state index in [1.165, 1.54) is 13.0 Å². The predicted octanol–water partition coefficient (Wildman–Crippen LogP) is -6.45. The Kier molecular flexibility index (Phi) is 16.9. The van der Waals surface area contributed by atoms with Gasteiger partial charge in [0, 0.05) is 44.1 Å². The zero-order chi connectivity index (χ0) is 34.7. The second-order valence-corrected chi connectivity index (χ2v) is 11.8. The van der Waals surface area contributed by atoms with Gasteiger partial charge in [-0.05, 0) is 6.92 Å². The van der Waals surface area contributed by atoms with Crippen molar-refractivity contribution in [2.45, 2.75) is 130 Å². The van der Waals surface area contributed by atoms with E-state index in [0.29, 0.717) is 0 Å². The van der Waals surface area contributed by atoms with Crippen molar-refractivity contribution < 1.29 is 138 Å². The second-order valence-electron chi connectivity index (χ2n) is 11.8. The quantitative estimate of drug-likeness (QED) is 0.0811. The fourth-order valence-corrected chi connectivity index (χ4v) is 5.76. The zero-order valence-corrected chi connectivity index (χ0v) is 30.7. The fourth-order valence-electron chi connectivity index (χ4n) is 5.76. The van der Waals surface area contributed by atoms with Crippen LogP contribution < -0.4 is 0 Å². The molecule has 1 radical (unpaired) electrons. The zero-order valence-electron chi connectivity index (χ0n) is 25.9. The summed E-state index contributed by atoms with van der Waals surface area (Å²) < 4.78 is 44.7. The van der Waals surface area contributed by atoms with E-state index < -0.39 is 143 Å². The average molecular weight is 916 g/mol. The summed E-state index contributed by atoms with van der Waals surface area (Å²) in [5.41, 5.74) is 8.83. The van der Waals surface area contributed by atoms with Crippen molar-refractivity contribution in [1.29, 1.82) is 0 Å². The molecule has 4 aliphatic heterocycles. The Balaban J connectivity index is 0.00000625. The molecule has 0 spiro atoms. The first-order valence-electron chi connectivity index (χ1n) is 15.1. The maximum Gasteiger partial charge on any atom is 0.187 e. The van der Waals surface area contributed by atoms with Gasteiger partial charge in [-0.25, -0.2) is 0 Å². The van der Waals surface area contributed by atoms with E-state index in [2.05, 4.69) is 6.58 Å². The Hall–Kier alpha value is 0.382. The van der Waals surface area contributed by atoms with E-state index in [4.69, 9.17) is 43.6 Å². The van der Waals surface area contributed by atoms with Crippen molar-refractivity contribution >= 4 is 0 Å². The predicted molar refractivity (Wildman–Crippen MR) is 149 cm³/mol. The van der Waals surface area contributed by atoms with Crippen LogP contribution >= 0.6 is 0 Å². The number of nitrogens with one attached hydrogen (secondary N) is 1. The first-order valence-corrected chi connectivity index (χ1v) is 15.1. The first-order chi connectivity index (χ1) is 22.3. The number of hydrogen-bond donors (Lipinski definition) is 11. The molecule has 20 nitrogen and oxygen atoms in total. The Morgan fingerprint density at radius 3 is 1.65 bits per heavy atom. The SMILES string of the molecule is C=CCO[C@@H]1OC(CO)[C@H](O)C(O[C@@H]2OC(CO)[C@H](O)C(O[C@@H]3OC(CO)[C@H](O)C(O)C3O[C@@H]3OC(C)[C@H](O)C(O)C3O)C2[NH-])C1O.[Ac]. The minimum atomic E-state index is -1.90. The summed E-state index contributed by atoms with van der Waals surface area (Å²) in [5.74, 6) is 0. The molecule has 0 saturated carbocycles. The van der Waals surface area contributed by atoms with Crippen LogP contribution in [0.1, 0.15) is 6.92 Å². The van der Waals surface area contributed by atoms with Crippen LogP contribution in [0.3, 0.4) is 0 Å². The van der Waals surface area contributed by atoms with E-state index in [-0.39, 0.29) is 50.7 Å². The number of ether oxygens (including phenoxy) is 8. The summed E-state index contributed by atoms with van der Waals surface area (Å²) in [6.45, 7) is 2.40. The minimum absolute atomic E-state index is 0. The van der Waals surface area contributed by atoms with Gasteiger partial charge in [-0.3, -0.25) is 0 Å². The van der Waals surface area contributed by atoms with Gasteiger partial charge in [-0.15, -0.1) is 6.58 Å². The standard InChI is InChI=1S/C27H46NO19.Ac/c1-3-4-40-25-20(39)22(16(35)11(7-31)43-25)46-24-12(28)21(15(34)10(6-30)42-24)45-27-23(18(37)14(33)9(5-29)44-27)47-26-19(38)17(36)13(32)8(2)41-26;/h3,8-39H,1,4-7H2,2H3;/q-1;/t8?,9?,10?,11?,12?,13-,14-,15-,16-,17?,18?,19?,20?,21?,22?,23?,24-,25+,26-,27-;/m0./s1. The van der Waals surface area contributed by atoms with Gasteiger partial charge in [-0.2, -0.15) is 0 Å². The third-order valence-corrected chi connectivity index (χ3v) is 8.56. The molecule has 4 fully saturated rings. The van der Waals surface area contributed by atoms with Gasteiger partial charge in [0.25, 0.3) is 0 Å². The second kappa shape index (κ2) is 18.9. The normalized spacial score (nSPS) is 50.0. The molecule has 0 aromatic rings. The molecule has 0 aromatic carbocycles. The first kappa shape index (κ1) is 42.8. The molecular weight excluding hydrogens is 869 g/mol. The van der Waals surface area contributed by atoms with Gasteiger partial charge in [0.1, 0.15) is 85.6 Å². The van der Waals surface area contributed by atoms with Crippen molar-refractivity contribution in [3.05, 3.63) is 18.4 Å². The van der Waals surface area contributed by atoms with E-state index >= 15 is 0 Å². The van der Waals surface area contributed by atoms with Gasteiger partial charge >= 0.3 is 0 Å². The van der Waals surface area contributed by atoms with Crippen LogP contribution in [-0.4, -0.2) is 205 Å². The molecule has 277 valence electrons. The van der Waals surface area contributed by atoms with Gasteiger partial charge in [-0.1, -0.05) is 12.1 Å². The molecule has 4 aliphatic rings. The van der Waals surface area contributed by atoms with E-state index in [1.54, 1.807) is 0 Å². The molecule has 0 aromatic heterocycles. The summed E-state index contributed by atoms with van der Waals surface area (Å²) >= 11 is 0. The summed E-state index contributed by atoms with van der Waals surface area (Å²) in [7, 11) is 0. The van der Waals surface area contributed by atoms with Crippen molar-refractivity contribution in [3.63, 3.8) is 0 Å². The topological polar surface area (TPSA) is 320 Å². The monoisotopic (exact) mass is 915 g/mol. The van der Waals surface area contributed by atoms with Gasteiger partial charge in [0.15, 0.2) is 18.9 Å². The molecule has 48 heavy (non-hydrogen) atoms. The van der Waals surface area contributed by atoms with Gasteiger partial charge in [0.2, 0.25) is 0 Å². The Morgan fingerprint density at radius 2 is 1.06 bits per heavy atom. The van der Waals surface area contributed by atoms with E-state index in [9.17, 15) is 56.2 Å². The van der Waals surface area contributed by atoms with Crippen LogP contribution in [0.25, 0.3) is 5.73 Å². The molecule has 21 heteroatoms. The number of aliphatic hydroxyl groups is 11. The molecule has 4 heterocycles. The minimum Gasteiger partial charge on any atom is -0.668 e. The molecule has 12 N–H and O–H groups in total. The molecule has 0 amide bonds. The maximum absolute atomic E-state index is 11.0. The molecule has 20 atom stereocenters. The van der Waals surface area contributed by atoms with E-state index in [0.717, 1.165) is 0 Å². The number of aliphatic hydroxyl groups excluding tert-OH is 11. The Labute approximate surface area is 311 Å². The summed E-state index contributed by atoms with van der Waals surface area (Å²) in [6, 6.07) is -1.76. The molecular formula is C27H46AcNO19-. The molecule has 4 rings (SSSR count). The van der Waals surface area contributed by atoms with Crippen molar-refractivity contribution in [2.75, 3.05) is 26.4 Å². The van der Waals surface area contributed by atoms with Crippen molar-refractivity contribution in [2.24, 2.45) is 0 Å². The Bertz CT molecular complexity index is 991. The average Bonchev–Trinajstić information content (AvgIpc) is 3.06. The maximum atomic E-state index is 11.0. The van der Waals surface area contributed by atoms with Crippen LogP contribution in [0, 0.1) is 44.1 Å². The Morgan fingerprint density at radius 1 is 0.562 bits per heavy atom. The number of hydrogen-bond acceptors (Lipinski definition) is 19. The van der Waals surface area contributed by atoms with Crippen molar-refractivity contribution in [3.8, 4) is 0 Å². The van der Waals surface area contributed by atoms with Crippen LogP contribution in [0.2, 0.25) is 0 Å². The van der Waals surface area contributed by atoms with Gasteiger partial charge < -0.3 is 99.8 Å². The molecule has 4 saturated heterocycles. The van der Waals surface area contributed by atoms with E-state index in [1.807, 2.05) is 0 Å². The smallest absolute Gasteiger partial charge is 0.187 e. The third kappa shape index (κ3) is 9.11. The summed E-state index contributed by atoms with van der Waals surface area (Å²) in [5, 5.41) is 114. The molecule has 0 bridgehead atoms. The largest absolute Gasteiger partial charge is 0.668 e. The fraction of sp³-hybridized carbons (Fsp3) is 0.926. The van der Waals surface area contributed by atoms with Crippen molar-refractivity contribution in [1.82, 2.24) is 0 Å². The summed E-state index contributed by atoms with van der Waals surface area (Å²) in [4.78, 5) is 0. The van der Waals surface area contributed by atoms with Crippen LogP contribution in [0.5, 0.6) is 0 Å². The molecule has 0 aliphatic carbocycles. The number of rotatable bonds is 12. The van der Waals surface area contributed by atoms with Crippen LogP contribution in [0.4, 0.5) is 0 Å². The summed E-state index contributed by atoms with van der Waals surface area (Å²) in [6.07, 6.45) is -29.7.